The van der Waals surface area contributed by atoms with Crippen molar-refractivity contribution in [3.8, 4) is 0 Å². The molecule has 1 aromatic carbocycles. The van der Waals surface area contributed by atoms with Crippen molar-refractivity contribution in [1.29, 1.82) is 0 Å². The van der Waals surface area contributed by atoms with E-state index in [1.807, 2.05) is 0 Å². The van der Waals surface area contributed by atoms with Gasteiger partial charge in [0.15, 0.2) is 0 Å². The number of carbonyl (C=O) groups excluding carboxylic acids is 1. The third-order valence-corrected chi connectivity index (χ3v) is 3.25. The number of alkyl carbamates (subject to hydrolysis) is 1. The fourth-order valence-electron chi connectivity index (χ4n) is 1.40. The van der Waals surface area contributed by atoms with Gasteiger partial charge in [0.1, 0.15) is 6.61 Å². The van der Waals surface area contributed by atoms with Crippen molar-refractivity contribution in [2.75, 3.05) is 6.61 Å². The van der Waals surface area contributed by atoms with Crippen LogP contribution in [-0.4, -0.2) is 12.7 Å². The topological polar surface area (TPSA) is 38.3 Å². The predicted molar refractivity (Wildman–Crippen MR) is 65.9 cm³/mol. The maximum atomic E-state index is 10.9. The number of benzene rings is 1. The fraction of sp³-hybridized carbons (Fsp3) is 0.222. The second-order valence-electron chi connectivity index (χ2n) is 3.05. The van der Waals surface area contributed by atoms with Gasteiger partial charge in [-0.1, -0.05) is 34.8 Å². The number of cyclic esters (lactones) is 1. The first kappa shape index (κ1) is 13.7. The molecule has 1 heterocycles. The molecule has 1 aliphatic rings. The number of nitrogens with one attached hydrogen (secondary N) is 1. The maximum Gasteiger partial charge on any atom is 0.407 e. The molecule has 0 saturated carbocycles. The molecule has 1 atom stereocenters. The van der Waals surface area contributed by atoms with Crippen LogP contribution in [0.4, 0.5) is 4.79 Å². The number of halogens is 4. The number of amides is 1. The Morgan fingerprint density at radius 1 is 1.25 bits per heavy atom. The van der Waals surface area contributed by atoms with E-state index in [2.05, 4.69) is 5.32 Å². The van der Waals surface area contributed by atoms with Gasteiger partial charge in [0.25, 0.3) is 0 Å². The molecule has 1 aromatic rings. The fourth-order valence-corrected chi connectivity index (χ4v) is 2.20. The summed E-state index contributed by atoms with van der Waals surface area (Å²) in [5, 5.41) is 3.80. The van der Waals surface area contributed by atoms with E-state index in [1.54, 1.807) is 12.1 Å². The number of rotatable bonds is 1. The molecule has 0 aliphatic carbocycles. The molecule has 0 radical (unpaired) electrons. The molecule has 3 nitrogen and oxygen atoms in total. The van der Waals surface area contributed by atoms with E-state index in [4.69, 9.17) is 39.5 Å². The Hall–Kier alpha value is -0.350. The Morgan fingerprint density at radius 3 is 2.44 bits per heavy atom. The van der Waals surface area contributed by atoms with Gasteiger partial charge in [-0.3, -0.25) is 0 Å². The predicted octanol–water partition coefficient (Wildman–Crippen LogP) is 3.85. The van der Waals surface area contributed by atoms with Gasteiger partial charge in [0.2, 0.25) is 0 Å². The standard InChI is InChI=1S/C9H6Cl3NO2.ClH/c10-4-1-2-5(11)8(12)7(4)6-3-15-9(14)13-6;/h1-2,6H,3H2,(H,13,14);1H/t6-;/m0./s1. The molecule has 88 valence electrons. The van der Waals surface area contributed by atoms with Gasteiger partial charge in [-0.25, -0.2) is 4.79 Å². The highest BCUT2D eigenvalue weighted by molar-refractivity contribution is 6.44. The second-order valence-corrected chi connectivity index (χ2v) is 4.24. The average Bonchev–Trinajstić information content (AvgIpc) is 2.59. The van der Waals surface area contributed by atoms with Crippen molar-refractivity contribution < 1.29 is 9.53 Å². The molecule has 1 N–H and O–H groups in total. The van der Waals surface area contributed by atoms with Crippen LogP contribution in [0.3, 0.4) is 0 Å². The van der Waals surface area contributed by atoms with Crippen LogP contribution < -0.4 is 5.32 Å². The van der Waals surface area contributed by atoms with Crippen LogP contribution in [0.2, 0.25) is 15.1 Å². The van der Waals surface area contributed by atoms with E-state index in [0.717, 1.165) is 0 Å². The molecular formula is C9H7Cl4NO2. The third kappa shape index (κ3) is 2.48. The molecule has 0 aromatic heterocycles. The molecule has 2 rings (SSSR count). The molecular weight excluding hydrogens is 296 g/mol. The van der Waals surface area contributed by atoms with Crippen LogP contribution in [0.25, 0.3) is 0 Å². The van der Waals surface area contributed by atoms with E-state index >= 15 is 0 Å². The summed E-state index contributed by atoms with van der Waals surface area (Å²) >= 11 is 17.8. The summed E-state index contributed by atoms with van der Waals surface area (Å²) in [4.78, 5) is 10.9. The molecule has 1 aliphatic heterocycles. The summed E-state index contributed by atoms with van der Waals surface area (Å²) in [6, 6.07) is 2.90. The largest absolute Gasteiger partial charge is 0.447 e. The summed E-state index contributed by atoms with van der Waals surface area (Å²) < 4.78 is 4.76. The molecule has 16 heavy (non-hydrogen) atoms. The van der Waals surface area contributed by atoms with Crippen LogP contribution in [0.1, 0.15) is 11.6 Å². The number of hydrogen-bond donors (Lipinski definition) is 1. The third-order valence-electron chi connectivity index (χ3n) is 2.10. The number of ether oxygens (including phenoxy) is 1. The summed E-state index contributed by atoms with van der Waals surface area (Å²) in [5.41, 5.74) is 0.594. The first-order valence-electron chi connectivity index (χ1n) is 4.16. The highest BCUT2D eigenvalue weighted by Crippen LogP contribution is 2.36. The molecule has 1 fully saturated rings. The zero-order valence-electron chi connectivity index (χ0n) is 7.80. The Balaban J connectivity index is 0.00000128. The van der Waals surface area contributed by atoms with E-state index in [1.165, 1.54) is 0 Å². The van der Waals surface area contributed by atoms with Crippen molar-refractivity contribution in [2.45, 2.75) is 6.04 Å². The van der Waals surface area contributed by atoms with Crippen LogP contribution in [0.15, 0.2) is 12.1 Å². The molecule has 0 spiro atoms. The SMILES string of the molecule is Cl.O=C1N[C@H](c2c(Cl)ccc(Cl)c2Cl)CO1. The molecule has 1 saturated heterocycles. The van der Waals surface area contributed by atoms with E-state index in [9.17, 15) is 4.79 Å². The Kier molecular flexibility index (Phi) is 4.56. The molecule has 7 heteroatoms. The van der Waals surface area contributed by atoms with Crippen molar-refractivity contribution in [3.05, 3.63) is 32.8 Å². The van der Waals surface area contributed by atoms with Gasteiger partial charge < -0.3 is 10.1 Å². The minimum Gasteiger partial charge on any atom is -0.447 e. The summed E-state index contributed by atoms with van der Waals surface area (Å²) in [6.45, 7) is 0.207. The van der Waals surface area contributed by atoms with Crippen LogP contribution in [0.5, 0.6) is 0 Å². The lowest BCUT2D eigenvalue weighted by Gasteiger charge is -2.12. The van der Waals surface area contributed by atoms with Gasteiger partial charge >= 0.3 is 6.09 Å². The van der Waals surface area contributed by atoms with E-state index < -0.39 is 6.09 Å². The summed E-state index contributed by atoms with van der Waals surface area (Å²) in [7, 11) is 0. The van der Waals surface area contributed by atoms with Gasteiger partial charge in [-0.05, 0) is 12.1 Å². The first-order valence-corrected chi connectivity index (χ1v) is 5.29. The lowest BCUT2D eigenvalue weighted by Crippen LogP contribution is -2.19. The maximum absolute atomic E-state index is 10.9. The van der Waals surface area contributed by atoms with Crippen LogP contribution >= 0.6 is 47.2 Å². The highest BCUT2D eigenvalue weighted by Gasteiger charge is 2.28. The summed E-state index contributed by atoms with van der Waals surface area (Å²) in [6.07, 6.45) is -0.480. The smallest absolute Gasteiger partial charge is 0.407 e. The number of carbonyl (C=O) groups is 1. The second kappa shape index (κ2) is 5.32. The van der Waals surface area contributed by atoms with Gasteiger partial charge in [-0.2, -0.15) is 0 Å². The van der Waals surface area contributed by atoms with Gasteiger partial charge in [0, 0.05) is 10.6 Å². The van der Waals surface area contributed by atoms with Gasteiger partial charge in [-0.15, -0.1) is 12.4 Å². The number of hydrogen-bond acceptors (Lipinski definition) is 2. The lowest BCUT2D eigenvalue weighted by molar-refractivity contribution is 0.177. The van der Waals surface area contributed by atoms with E-state index in [-0.39, 0.29) is 25.1 Å². The van der Waals surface area contributed by atoms with Crippen LogP contribution in [0, 0.1) is 0 Å². The van der Waals surface area contributed by atoms with Crippen LogP contribution in [-0.2, 0) is 4.74 Å². The minimum absolute atomic E-state index is 0. The minimum atomic E-state index is -0.480. The zero-order valence-corrected chi connectivity index (χ0v) is 10.9. The lowest BCUT2D eigenvalue weighted by atomic mass is 10.1. The Morgan fingerprint density at radius 2 is 1.88 bits per heavy atom. The Bertz CT molecular complexity index is 424. The van der Waals surface area contributed by atoms with Gasteiger partial charge in [0.05, 0.1) is 16.1 Å². The first-order chi connectivity index (χ1) is 7.09. The average molecular weight is 303 g/mol. The highest BCUT2D eigenvalue weighted by atomic mass is 35.5. The molecule has 1 amide bonds. The summed E-state index contributed by atoms with van der Waals surface area (Å²) in [5.74, 6) is 0. The monoisotopic (exact) mass is 301 g/mol. The molecule has 0 unspecified atom stereocenters. The normalized spacial score (nSPS) is 18.7. The Labute approximate surface area is 113 Å². The quantitative estimate of drug-likeness (QED) is 0.800. The van der Waals surface area contributed by atoms with E-state index in [0.29, 0.717) is 20.6 Å². The zero-order chi connectivity index (χ0) is 11.0. The van der Waals surface area contributed by atoms with Crippen molar-refractivity contribution in [3.63, 3.8) is 0 Å². The molecule has 0 bridgehead atoms. The van der Waals surface area contributed by atoms with Crippen molar-refractivity contribution in [2.24, 2.45) is 0 Å². The van der Waals surface area contributed by atoms with Crippen molar-refractivity contribution in [1.82, 2.24) is 5.32 Å². The van der Waals surface area contributed by atoms with Crippen molar-refractivity contribution >= 4 is 53.3 Å².